The van der Waals surface area contributed by atoms with Crippen LogP contribution in [-0.4, -0.2) is 30.1 Å². The van der Waals surface area contributed by atoms with E-state index in [1.807, 2.05) is 6.92 Å². The molecular weight excluding hydrogens is 284 g/mol. The lowest BCUT2D eigenvalue weighted by molar-refractivity contribution is -0.139. The van der Waals surface area contributed by atoms with Gasteiger partial charge in [-0.25, -0.2) is 13.6 Å². The number of aliphatic carboxylic acids is 1. The Morgan fingerprint density at radius 1 is 1.33 bits per heavy atom. The maximum absolute atomic E-state index is 13.7. The minimum Gasteiger partial charge on any atom is -0.493 e. The van der Waals surface area contributed by atoms with E-state index in [0.717, 1.165) is 25.7 Å². The normalized spacial score (nSPS) is 11.8. The Balaban J connectivity index is 3.02. The first-order chi connectivity index (χ1) is 9.92. The van der Waals surface area contributed by atoms with Gasteiger partial charge in [-0.3, -0.25) is 4.79 Å². The number of halogens is 2. The summed E-state index contributed by atoms with van der Waals surface area (Å²) in [5.74, 6) is -4.68. The number of carboxylic acid groups (broad SMARTS) is 1. The molecule has 0 radical (unpaired) electrons. The summed E-state index contributed by atoms with van der Waals surface area (Å²) in [5.41, 5.74) is -0.639. The molecular formula is C14H17F2NO4. The third-order valence-corrected chi connectivity index (χ3v) is 2.94. The number of carbonyl (C=O) groups excluding carboxylic acids is 1. The molecule has 0 aliphatic rings. The Kier molecular flexibility index (Phi) is 6.08. The SMILES string of the molecule is CCCC[C@H](NC(=O)c1c(F)ccc(F)c1OC)C(=O)O. The topological polar surface area (TPSA) is 75.6 Å². The number of nitrogens with one attached hydrogen (secondary N) is 1. The number of hydrogen-bond acceptors (Lipinski definition) is 3. The van der Waals surface area contributed by atoms with Gasteiger partial charge in [0.25, 0.3) is 5.91 Å². The molecule has 0 fully saturated rings. The lowest BCUT2D eigenvalue weighted by Crippen LogP contribution is -2.41. The molecule has 1 rings (SSSR count). The molecule has 5 nitrogen and oxygen atoms in total. The van der Waals surface area contributed by atoms with Gasteiger partial charge >= 0.3 is 5.97 Å². The van der Waals surface area contributed by atoms with Gasteiger partial charge in [0, 0.05) is 0 Å². The van der Waals surface area contributed by atoms with Crippen molar-refractivity contribution in [2.45, 2.75) is 32.2 Å². The van der Waals surface area contributed by atoms with E-state index in [1.165, 1.54) is 0 Å². The first kappa shape index (κ1) is 16.9. The van der Waals surface area contributed by atoms with E-state index >= 15 is 0 Å². The zero-order valence-electron chi connectivity index (χ0n) is 11.8. The molecule has 1 aromatic rings. The molecule has 0 saturated carbocycles. The van der Waals surface area contributed by atoms with E-state index in [4.69, 9.17) is 5.11 Å². The Hall–Kier alpha value is -2.18. The molecule has 0 heterocycles. The molecule has 0 spiro atoms. The molecule has 1 atom stereocenters. The van der Waals surface area contributed by atoms with Gasteiger partial charge in [-0.2, -0.15) is 0 Å². The summed E-state index contributed by atoms with van der Waals surface area (Å²) < 4.78 is 31.9. The molecule has 21 heavy (non-hydrogen) atoms. The number of unbranched alkanes of at least 4 members (excludes halogenated alkanes) is 1. The highest BCUT2D eigenvalue weighted by molar-refractivity contribution is 5.99. The minimum absolute atomic E-state index is 0.205. The van der Waals surface area contributed by atoms with Crippen molar-refractivity contribution in [3.8, 4) is 5.75 Å². The zero-order valence-corrected chi connectivity index (χ0v) is 11.8. The van der Waals surface area contributed by atoms with Gasteiger partial charge in [-0.05, 0) is 18.6 Å². The second kappa shape index (κ2) is 7.56. The highest BCUT2D eigenvalue weighted by Gasteiger charge is 2.26. The summed E-state index contributed by atoms with van der Waals surface area (Å²) in [6.07, 6.45) is 1.54. The van der Waals surface area contributed by atoms with Crippen LogP contribution in [0.3, 0.4) is 0 Å². The van der Waals surface area contributed by atoms with Crippen molar-refractivity contribution in [3.63, 3.8) is 0 Å². The van der Waals surface area contributed by atoms with E-state index in [9.17, 15) is 18.4 Å². The maximum atomic E-state index is 13.7. The third-order valence-electron chi connectivity index (χ3n) is 2.94. The van der Waals surface area contributed by atoms with E-state index in [2.05, 4.69) is 10.1 Å². The fourth-order valence-corrected chi connectivity index (χ4v) is 1.84. The predicted molar refractivity (Wildman–Crippen MR) is 71.3 cm³/mol. The van der Waals surface area contributed by atoms with Crippen LogP contribution in [0.5, 0.6) is 5.75 Å². The lowest BCUT2D eigenvalue weighted by Gasteiger charge is -2.16. The number of ether oxygens (including phenoxy) is 1. The van der Waals surface area contributed by atoms with E-state index in [0.29, 0.717) is 6.42 Å². The molecule has 0 unspecified atom stereocenters. The van der Waals surface area contributed by atoms with Crippen LogP contribution in [0.15, 0.2) is 12.1 Å². The summed E-state index contributed by atoms with van der Waals surface area (Å²) >= 11 is 0. The molecule has 1 aromatic carbocycles. The average Bonchev–Trinajstić information content (AvgIpc) is 2.44. The van der Waals surface area contributed by atoms with Crippen LogP contribution in [0.25, 0.3) is 0 Å². The smallest absolute Gasteiger partial charge is 0.326 e. The molecule has 7 heteroatoms. The Morgan fingerprint density at radius 2 is 1.95 bits per heavy atom. The van der Waals surface area contributed by atoms with Gasteiger partial charge in [0.2, 0.25) is 0 Å². The molecule has 0 saturated heterocycles. The molecule has 116 valence electrons. The van der Waals surface area contributed by atoms with Crippen molar-refractivity contribution in [1.29, 1.82) is 0 Å². The Labute approximate surface area is 120 Å². The first-order valence-corrected chi connectivity index (χ1v) is 6.48. The van der Waals surface area contributed by atoms with Crippen LogP contribution in [0.1, 0.15) is 36.5 Å². The van der Waals surface area contributed by atoms with Crippen molar-refractivity contribution < 1.29 is 28.2 Å². The minimum atomic E-state index is -1.23. The Bertz CT molecular complexity index is 534. The number of carboxylic acids is 1. The van der Waals surface area contributed by atoms with Crippen molar-refractivity contribution in [3.05, 3.63) is 29.3 Å². The lowest BCUT2D eigenvalue weighted by atomic mass is 10.1. The van der Waals surface area contributed by atoms with Crippen molar-refractivity contribution in [2.24, 2.45) is 0 Å². The van der Waals surface area contributed by atoms with Gasteiger partial charge in [-0.15, -0.1) is 0 Å². The zero-order chi connectivity index (χ0) is 16.0. The summed E-state index contributed by atoms with van der Waals surface area (Å²) in [6, 6.07) is 0.454. The van der Waals surface area contributed by atoms with Crippen molar-refractivity contribution >= 4 is 11.9 Å². The number of amides is 1. The molecule has 2 N–H and O–H groups in total. The second-order valence-electron chi connectivity index (χ2n) is 4.44. The van der Waals surface area contributed by atoms with E-state index in [1.54, 1.807) is 0 Å². The number of rotatable bonds is 7. The summed E-state index contributed by atoms with van der Waals surface area (Å²) in [6.45, 7) is 1.87. The molecule has 1 amide bonds. The van der Waals surface area contributed by atoms with Gasteiger partial charge in [0.05, 0.1) is 7.11 Å². The molecule has 0 aromatic heterocycles. The average molecular weight is 301 g/mol. The largest absolute Gasteiger partial charge is 0.493 e. The van der Waals surface area contributed by atoms with Crippen LogP contribution in [0, 0.1) is 11.6 Å². The highest BCUT2D eigenvalue weighted by atomic mass is 19.1. The van der Waals surface area contributed by atoms with Gasteiger partial charge < -0.3 is 15.2 Å². The quantitative estimate of drug-likeness (QED) is 0.810. The standard InChI is InChI=1S/C14H17F2NO4/c1-3-4-5-10(14(19)20)17-13(18)11-8(15)6-7-9(16)12(11)21-2/h6-7,10H,3-5H2,1-2H3,(H,17,18)(H,19,20)/t10-/m0/s1. The van der Waals surface area contributed by atoms with E-state index in [-0.39, 0.29) is 6.42 Å². The fourth-order valence-electron chi connectivity index (χ4n) is 1.84. The van der Waals surface area contributed by atoms with Crippen molar-refractivity contribution in [2.75, 3.05) is 7.11 Å². The maximum Gasteiger partial charge on any atom is 0.326 e. The second-order valence-corrected chi connectivity index (χ2v) is 4.44. The van der Waals surface area contributed by atoms with Crippen LogP contribution in [0.4, 0.5) is 8.78 Å². The van der Waals surface area contributed by atoms with Crippen LogP contribution < -0.4 is 10.1 Å². The highest BCUT2D eigenvalue weighted by Crippen LogP contribution is 2.25. The van der Waals surface area contributed by atoms with Crippen molar-refractivity contribution in [1.82, 2.24) is 5.32 Å². The number of hydrogen-bond donors (Lipinski definition) is 2. The summed E-state index contributed by atoms with van der Waals surface area (Å²) in [5, 5.41) is 11.2. The molecule has 0 aliphatic carbocycles. The summed E-state index contributed by atoms with van der Waals surface area (Å²) in [4.78, 5) is 23.1. The van der Waals surface area contributed by atoms with E-state index < -0.39 is 40.9 Å². The van der Waals surface area contributed by atoms with Crippen LogP contribution >= 0.6 is 0 Å². The van der Waals surface area contributed by atoms with Gasteiger partial charge in [-0.1, -0.05) is 19.8 Å². The number of benzene rings is 1. The predicted octanol–water partition coefficient (Wildman–Crippen LogP) is 2.35. The third kappa shape index (κ3) is 4.14. The number of methoxy groups -OCH3 is 1. The number of carbonyl (C=O) groups is 2. The first-order valence-electron chi connectivity index (χ1n) is 6.48. The Morgan fingerprint density at radius 3 is 2.48 bits per heavy atom. The monoisotopic (exact) mass is 301 g/mol. The summed E-state index contributed by atoms with van der Waals surface area (Å²) in [7, 11) is 1.10. The fraction of sp³-hybridized carbons (Fsp3) is 0.429. The van der Waals surface area contributed by atoms with Crippen LogP contribution in [0.2, 0.25) is 0 Å². The molecule has 0 bridgehead atoms. The van der Waals surface area contributed by atoms with Gasteiger partial charge in [0.1, 0.15) is 17.4 Å². The van der Waals surface area contributed by atoms with Crippen LogP contribution in [-0.2, 0) is 4.79 Å². The van der Waals surface area contributed by atoms with Gasteiger partial charge in [0.15, 0.2) is 11.6 Å². The molecule has 0 aliphatic heterocycles.